The molecular weight excluding hydrogens is 190 g/mol. The molecule has 0 spiro atoms. The van der Waals surface area contributed by atoms with Gasteiger partial charge < -0.3 is 4.74 Å². The van der Waals surface area contributed by atoms with Crippen LogP contribution in [0.25, 0.3) is 0 Å². The fourth-order valence-electron chi connectivity index (χ4n) is 0.828. The summed E-state index contributed by atoms with van der Waals surface area (Å²) >= 11 is 0. The topological polar surface area (TPSA) is 55.4 Å². The standard InChI is InChI=1S/C8H19NO3S/c1-5-12-8(3,4)7-9-13(10,11)6-2/h9H,5-7H2,1-4H3. The van der Waals surface area contributed by atoms with E-state index in [2.05, 4.69) is 4.72 Å². The molecule has 1 N–H and O–H groups in total. The molecule has 0 bridgehead atoms. The second-order valence-corrected chi connectivity index (χ2v) is 5.51. The van der Waals surface area contributed by atoms with Crippen LogP contribution in [0.1, 0.15) is 27.7 Å². The molecule has 0 atom stereocenters. The van der Waals surface area contributed by atoms with Crippen LogP contribution in [0.15, 0.2) is 0 Å². The van der Waals surface area contributed by atoms with Gasteiger partial charge in [0.25, 0.3) is 0 Å². The van der Waals surface area contributed by atoms with Gasteiger partial charge in [-0.25, -0.2) is 13.1 Å². The Morgan fingerprint density at radius 1 is 1.31 bits per heavy atom. The molecule has 4 nitrogen and oxygen atoms in total. The summed E-state index contributed by atoms with van der Waals surface area (Å²) in [5.74, 6) is 0.106. The lowest BCUT2D eigenvalue weighted by atomic mass is 10.1. The second-order valence-electron chi connectivity index (χ2n) is 3.42. The maximum absolute atomic E-state index is 11.1. The molecule has 0 heterocycles. The van der Waals surface area contributed by atoms with Crippen molar-refractivity contribution >= 4 is 10.0 Å². The quantitative estimate of drug-likeness (QED) is 0.702. The maximum Gasteiger partial charge on any atom is 0.211 e. The summed E-state index contributed by atoms with van der Waals surface area (Å²) in [6.07, 6.45) is 0. The van der Waals surface area contributed by atoms with E-state index in [0.717, 1.165) is 0 Å². The third kappa shape index (κ3) is 6.01. The Hall–Kier alpha value is -0.130. The highest BCUT2D eigenvalue weighted by Crippen LogP contribution is 2.07. The average Bonchev–Trinajstić information content (AvgIpc) is 2.02. The molecule has 0 radical (unpaired) electrons. The Bertz CT molecular complexity index is 234. The molecule has 5 heteroatoms. The van der Waals surface area contributed by atoms with Crippen molar-refractivity contribution in [2.45, 2.75) is 33.3 Å². The number of nitrogens with one attached hydrogen (secondary N) is 1. The molecule has 0 aliphatic heterocycles. The van der Waals surface area contributed by atoms with Crippen molar-refractivity contribution in [2.24, 2.45) is 0 Å². The van der Waals surface area contributed by atoms with Gasteiger partial charge in [-0.2, -0.15) is 0 Å². The van der Waals surface area contributed by atoms with E-state index in [1.165, 1.54) is 0 Å². The van der Waals surface area contributed by atoms with Crippen LogP contribution >= 0.6 is 0 Å². The summed E-state index contributed by atoms with van der Waals surface area (Å²) < 4.78 is 30.0. The number of hydrogen-bond acceptors (Lipinski definition) is 3. The van der Waals surface area contributed by atoms with Gasteiger partial charge in [-0.1, -0.05) is 0 Å². The summed E-state index contributed by atoms with van der Waals surface area (Å²) in [6.45, 7) is 8.10. The van der Waals surface area contributed by atoms with Crippen LogP contribution in [0.5, 0.6) is 0 Å². The number of rotatable bonds is 6. The smallest absolute Gasteiger partial charge is 0.211 e. The summed E-state index contributed by atoms with van der Waals surface area (Å²) in [7, 11) is -3.10. The third-order valence-corrected chi connectivity index (χ3v) is 2.98. The zero-order valence-electron chi connectivity index (χ0n) is 8.75. The van der Waals surface area contributed by atoms with Gasteiger partial charge in [-0.05, 0) is 27.7 Å². The minimum absolute atomic E-state index is 0.106. The summed E-state index contributed by atoms with van der Waals surface area (Å²) in [5.41, 5.74) is -0.434. The van der Waals surface area contributed by atoms with Crippen molar-refractivity contribution in [3.8, 4) is 0 Å². The molecule has 0 amide bonds. The Morgan fingerprint density at radius 3 is 2.23 bits per heavy atom. The Morgan fingerprint density at radius 2 is 1.85 bits per heavy atom. The molecule has 0 aromatic rings. The van der Waals surface area contributed by atoms with E-state index in [1.54, 1.807) is 6.92 Å². The van der Waals surface area contributed by atoms with Crippen LogP contribution in [-0.4, -0.2) is 32.9 Å². The lowest BCUT2D eigenvalue weighted by Gasteiger charge is -2.24. The Labute approximate surface area is 80.7 Å². The van der Waals surface area contributed by atoms with Gasteiger partial charge in [0.05, 0.1) is 11.4 Å². The van der Waals surface area contributed by atoms with E-state index in [0.29, 0.717) is 13.2 Å². The van der Waals surface area contributed by atoms with Gasteiger partial charge in [-0.15, -0.1) is 0 Å². The maximum atomic E-state index is 11.1. The first-order valence-electron chi connectivity index (χ1n) is 4.44. The molecule has 0 aliphatic carbocycles. The van der Waals surface area contributed by atoms with E-state index in [9.17, 15) is 8.42 Å². The SMILES string of the molecule is CCOC(C)(C)CNS(=O)(=O)CC. The fraction of sp³-hybridized carbons (Fsp3) is 1.00. The van der Waals surface area contributed by atoms with Crippen molar-refractivity contribution in [1.82, 2.24) is 4.72 Å². The van der Waals surface area contributed by atoms with Crippen molar-refractivity contribution < 1.29 is 13.2 Å². The molecule has 13 heavy (non-hydrogen) atoms. The van der Waals surface area contributed by atoms with E-state index < -0.39 is 15.6 Å². The lowest BCUT2D eigenvalue weighted by Crippen LogP contribution is -2.40. The molecule has 80 valence electrons. The third-order valence-electron chi connectivity index (χ3n) is 1.63. The highest BCUT2D eigenvalue weighted by Gasteiger charge is 2.19. The number of sulfonamides is 1. The van der Waals surface area contributed by atoms with E-state index in [1.807, 2.05) is 20.8 Å². The Kier molecular flexibility index (Phi) is 4.88. The van der Waals surface area contributed by atoms with Crippen LogP contribution in [0.4, 0.5) is 0 Å². The number of hydrogen-bond donors (Lipinski definition) is 1. The highest BCUT2D eigenvalue weighted by atomic mass is 32.2. The molecule has 0 saturated heterocycles. The first kappa shape index (κ1) is 12.9. The number of ether oxygens (including phenoxy) is 1. The van der Waals surface area contributed by atoms with Gasteiger partial charge in [0.1, 0.15) is 0 Å². The molecule has 0 unspecified atom stereocenters. The van der Waals surface area contributed by atoms with E-state index >= 15 is 0 Å². The minimum Gasteiger partial charge on any atom is -0.375 e. The van der Waals surface area contributed by atoms with Crippen LogP contribution in [-0.2, 0) is 14.8 Å². The zero-order chi connectivity index (χ0) is 10.5. The van der Waals surface area contributed by atoms with Gasteiger partial charge >= 0.3 is 0 Å². The van der Waals surface area contributed by atoms with Gasteiger partial charge in [0.2, 0.25) is 10.0 Å². The largest absolute Gasteiger partial charge is 0.375 e. The first-order valence-corrected chi connectivity index (χ1v) is 6.09. The summed E-state index contributed by atoms with van der Waals surface area (Å²) in [6, 6.07) is 0. The molecular formula is C8H19NO3S. The highest BCUT2D eigenvalue weighted by molar-refractivity contribution is 7.89. The molecule has 0 saturated carbocycles. The van der Waals surface area contributed by atoms with E-state index in [4.69, 9.17) is 4.74 Å². The van der Waals surface area contributed by atoms with Gasteiger partial charge in [0.15, 0.2) is 0 Å². The van der Waals surface area contributed by atoms with Crippen molar-refractivity contribution in [3.63, 3.8) is 0 Å². The normalized spacial score (nSPS) is 13.2. The lowest BCUT2D eigenvalue weighted by molar-refractivity contribution is -0.00514. The predicted octanol–water partition coefficient (Wildman–Crippen LogP) is 0.741. The van der Waals surface area contributed by atoms with Crippen LogP contribution in [0.2, 0.25) is 0 Å². The van der Waals surface area contributed by atoms with Crippen molar-refractivity contribution in [1.29, 1.82) is 0 Å². The zero-order valence-corrected chi connectivity index (χ0v) is 9.57. The minimum atomic E-state index is -3.10. The van der Waals surface area contributed by atoms with Crippen LogP contribution in [0.3, 0.4) is 0 Å². The van der Waals surface area contributed by atoms with Crippen molar-refractivity contribution in [2.75, 3.05) is 18.9 Å². The van der Waals surface area contributed by atoms with Crippen LogP contribution < -0.4 is 4.72 Å². The molecule has 0 aromatic heterocycles. The molecule has 0 fully saturated rings. The second kappa shape index (κ2) is 4.93. The first-order chi connectivity index (χ1) is 5.83. The van der Waals surface area contributed by atoms with E-state index in [-0.39, 0.29) is 5.75 Å². The predicted molar refractivity (Wildman–Crippen MR) is 53.2 cm³/mol. The molecule has 0 aliphatic rings. The monoisotopic (exact) mass is 209 g/mol. The summed E-state index contributed by atoms with van der Waals surface area (Å²) in [5, 5.41) is 0. The van der Waals surface area contributed by atoms with Crippen LogP contribution in [0, 0.1) is 0 Å². The van der Waals surface area contributed by atoms with Gasteiger partial charge in [0, 0.05) is 13.2 Å². The summed E-state index contributed by atoms with van der Waals surface area (Å²) in [4.78, 5) is 0. The fourth-order valence-corrected chi connectivity index (χ4v) is 1.60. The molecule has 0 aromatic carbocycles. The van der Waals surface area contributed by atoms with Crippen molar-refractivity contribution in [3.05, 3.63) is 0 Å². The van der Waals surface area contributed by atoms with Gasteiger partial charge in [-0.3, -0.25) is 0 Å². The average molecular weight is 209 g/mol. The Balaban J connectivity index is 4.01. The molecule has 0 rings (SSSR count).